The van der Waals surface area contributed by atoms with Gasteiger partial charge in [-0.25, -0.2) is 4.98 Å². The summed E-state index contributed by atoms with van der Waals surface area (Å²) in [4.78, 5) is 9.09. The Morgan fingerprint density at radius 3 is 2.50 bits per heavy atom. The first-order valence-electron chi connectivity index (χ1n) is 8.72. The minimum Gasteiger partial charge on any atom is -0.383 e. The van der Waals surface area contributed by atoms with Gasteiger partial charge in [0.25, 0.3) is 0 Å². The van der Waals surface area contributed by atoms with Crippen LogP contribution in [0.5, 0.6) is 0 Å². The summed E-state index contributed by atoms with van der Waals surface area (Å²) in [7, 11) is 0. The molecule has 3 aromatic rings. The topological polar surface area (TPSA) is 63.8 Å². The highest BCUT2D eigenvalue weighted by atomic mass is 79.9. The molecule has 134 valence electrons. The molecule has 3 N–H and O–H groups in total. The maximum absolute atomic E-state index is 6.23. The molecule has 2 aromatic carbocycles. The van der Waals surface area contributed by atoms with Crippen LogP contribution in [0.2, 0.25) is 0 Å². The Hall–Kier alpha value is -2.40. The van der Waals surface area contributed by atoms with E-state index in [1.807, 2.05) is 37.3 Å². The lowest BCUT2D eigenvalue weighted by Gasteiger charge is -2.16. The van der Waals surface area contributed by atoms with E-state index >= 15 is 0 Å². The number of hydrogen-bond acceptors (Lipinski definition) is 4. The number of benzene rings is 2. The van der Waals surface area contributed by atoms with Crippen LogP contribution < -0.4 is 11.1 Å². The van der Waals surface area contributed by atoms with Gasteiger partial charge in [-0.3, -0.25) is 0 Å². The van der Waals surface area contributed by atoms with Crippen molar-refractivity contribution in [2.24, 2.45) is 0 Å². The Kier molecular flexibility index (Phi) is 5.89. The number of anilines is 2. The predicted molar refractivity (Wildman–Crippen MR) is 111 cm³/mol. The molecule has 0 saturated heterocycles. The van der Waals surface area contributed by atoms with Crippen LogP contribution in [0.4, 0.5) is 11.8 Å². The highest BCUT2D eigenvalue weighted by Gasteiger charge is 2.12. The van der Waals surface area contributed by atoms with Crippen molar-refractivity contribution < 1.29 is 0 Å². The summed E-state index contributed by atoms with van der Waals surface area (Å²) >= 11 is 3.51. The second-order valence-electron chi connectivity index (χ2n) is 6.40. The van der Waals surface area contributed by atoms with Gasteiger partial charge in [0.1, 0.15) is 5.82 Å². The lowest BCUT2D eigenvalue weighted by molar-refractivity contribution is 0.848. The number of halogens is 1. The van der Waals surface area contributed by atoms with Gasteiger partial charge in [-0.1, -0.05) is 58.4 Å². The van der Waals surface area contributed by atoms with E-state index in [0.717, 1.165) is 28.6 Å². The molecule has 0 fully saturated rings. The average Bonchev–Trinajstić information content (AvgIpc) is 2.62. The molecule has 0 aliphatic carbocycles. The Balaban J connectivity index is 1.71. The van der Waals surface area contributed by atoms with Gasteiger partial charge in [0.05, 0.1) is 6.04 Å². The maximum Gasteiger partial charge on any atom is 0.225 e. The summed E-state index contributed by atoms with van der Waals surface area (Å²) in [6.45, 7) is 4.08. The Labute approximate surface area is 163 Å². The third kappa shape index (κ3) is 4.61. The van der Waals surface area contributed by atoms with E-state index < -0.39 is 0 Å². The third-order valence-electron chi connectivity index (χ3n) is 4.44. The molecule has 0 amide bonds. The number of aryl methyl sites for hydroxylation is 2. The van der Waals surface area contributed by atoms with Gasteiger partial charge in [-0.2, -0.15) is 4.98 Å². The predicted octanol–water partition coefficient (Wildman–Crippen LogP) is 5.09. The molecule has 0 saturated carbocycles. The van der Waals surface area contributed by atoms with Crippen LogP contribution in [0.3, 0.4) is 0 Å². The highest BCUT2D eigenvalue weighted by Crippen LogP contribution is 2.22. The zero-order valence-corrected chi connectivity index (χ0v) is 16.6. The minimum absolute atomic E-state index is 0.113. The first-order valence-corrected chi connectivity index (χ1v) is 9.51. The Bertz CT molecular complexity index is 857. The minimum atomic E-state index is 0.113. The van der Waals surface area contributed by atoms with Crippen LogP contribution in [-0.2, 0) is 12.8 Å². The third-order valence-corrected chi connectivity index (χ3v) is 4.94. The molecule has 0 aliphatic heterocycles. The summed E-state index contributed by atoms with van der Waals surface area (Å²) in [6, 6.07) is 18.7. The van der Waals surface area contributed by atoms with Crippen molar-refractivity contribution in [3.63, 3.8) is 0 Å². The number of rotatable bonds is 6. The zero-order chi connectivity index (χ0) is 18.5. The van der Waals surface area contributed by atoms with Gasteiger partial charge in [-0.05, 0) is 49.9 Å². The lowest BCUT2D eigenvalue weighted by Crippen LogP contribution is -2.13. The number of hydrogen-bond donors (Lipinski definition) is 2. The molecule has 1 aromatic heterocycles. The molecule has 1 atom stereocenters. The molecule has 26 heavy (non-hydrogen) atoms. The van der Waals surface area contributed by atoms with E-state index in [-0.39, 0.29) is 6.04 Å². The summed E-state index contributed by atoms with van der Waals surface area (Å²) in [5.74, 6) is 1.12. The van der Waals surface area contributed by atoms with E-state index in [2.05, 4.69) is 62.4 Å². The summed E-state index contributed by atoms with van der Waals surface area (Å²) in [6.07, 6.45) is 1.73. The molecular weight excluding hydrogens is 388 g/mol. The molecule has 0 spiro atoms. The van der Waals surface area contributed by atoms with Crippen LogP contribution in [0.25, 0.3) is 0 Å². The molecule has 4 nitrogen and oxygen atoms in total. The molecule has 0 radical (unpaired) electrons. The van der Waals surface area contributed by atoms with Gasteiger partial charge < -0.3 is 11.1 Å². The number of nitrogens with one attached hydrogen (secondary N) is 1. The SMILES string of the molecule is Cc1nc(N[C@@H](C)c2ccccc2)nc(N)c1CCc1cccc(Br)c1. The molecule has 5 heteroatoms. The van der Waals surface area contributed by atoms with E-state index in [1.54, 1.807) is 0 Å². The fraction of sp³-hybridized carbons (Fsp3) is 0.238. The van der Waals surface area contributed by atoms with Crippen LogP contribution in [0, 0.1) is 6.92 Å². The van der Waals surface area contributed by atoms with Crippen molar-refractivity contribution in [3.05, 3.63) is 81.5 Å². The second-order valence-corrected chi connectivity index (χ2v) is 7.32. The van der Waals surface area contributed by atoms with Crippen LogP contribution >= 0.6 is 15.9 Å². The van der Waals surface area contributed by atoms with Crippen LogP contribution in [0.15, 0.2) is 59.1 Å². The molecule has 0 aliphatic rings. The molecule has 0 unspecified atom stereocenters. The van der Waals surface area contributed by atoms with Gasteiger partial charge in [0.15, 0.2) is 0 Å². The lowest BCUT2D eigenvalue weighted by atomic mass is 10.0. The second kappa shape index (κ2) is 8.32. The quantitative estimate of drug-likeness (QED) is 0.593. The fourth-order valence-electron chi connectivity index (χ4n) is 2.97. The van der Waals surface area contributed by atoms with Crippen molar-refractivity contribution in [3.8, 4) is 0 Å². The largest absolute Gasteiger partial charge is 0.383 e. The highest BCUT2D eigenvalue weighted by molar-refractivity contribution is 9.10. The van der Waals surface area contributed by atoms with Gasteiger partial charge in [0, 0.05) is 15.7 Å². The maximum atomic E-state index is 6.23. The normalized spacial score (nSPS) is 12.0. The van der Waals surface area contributed by atoms with Crippen molar-refractivity contribution >= 4 is 27.7 Å². The van der Waals surface area contributed by atoms with Crippen LogP contribution in [0.1, 0.15) is 35.3 Å². The van der Waals surface area contributed by atoms with Gasteiger partial charge in [-0.15, -0.1) is 0 Å². The number of aromatic nitrogens is 2. The summed E-state index contributed by atoms with van der Waals surface area (Å²) in [5, 5.41) is 3.34. The molecule has 0 bridgehead atoms. The smallest absolute Gasteiger partial charge is 0.225 e. The van der Waals surface area contributed by atoms with Crippen molar-refractivity contribution in [1.29, 1.82) is 0 Å². The first-order chi connectivity index (χ1) is 12.5. The monoisotopic (exact) mass is 410 g/mol. The van der Waals surface area contributed by atoms with E-state index in [1.165, 1.54) is 11.1 Å². The van der Waals surface area contributed by atoms with Crippen molar-refractivity contribution in [2.75, 3.05) is 11.1 Å². The summed E-state index contributed by atoms with van der Waals surface area (Å²) < 4.78 is 1.09. The number of nitrogens with two attached hydrogens (primary N) is 1. The van der Waals surface area contributed by atoms with Crippen molar-refractivity contribution in [2.45, 2.75) is 32.7 Å². The van der Waals surface area contributed by atoms with Gasteiger partial charge >= 0.3 is 0 Å². The van der Waals surface area contributed by atoms with Crippen LogP contribution in [-0.4, -0.2) is 9.97 Å². The zero-order valence-electron chi connectivity index (χ0n) is 15.0. The summed E-state index contributed by atoms with van der Waals surface area (Å²) in [5.41, 5.74) is 10.6. The Morgan fingerprint density at radius 1 is 1.04 bits per heavy atom. The van der Waals surface area contributed by atoms with E-state index in [0.29, 0.717) is 11.8 Å². The average molecular weight is 411 g/mol. The molecular formula is C21H23BrN4. The number of nitrogens with zero attached hydrogens (tertiary/aromatic N) is 2. The van der Waals surface area contributed by atoms with Gasteiger partial charge in [0.2, 0.25) is 5.95 Å². The van der Waals surface area contributed by atoms with E-state index in [4.69, 9.17) is 5.73 Å². The van der Waals surface area contributed by atoms with Crippen molar-refractivity contribution in [1.82, 2.24) is 9.97 Å². The standard InChI is InChI=1S/C21H23BrN4/c1-14(17-8-4-3-5-9-17)24-21-25-15(2)19(20(23)26-21)12-11-16-7-6-10-18(22)13-16/h3-10,13-14H,11-12H2,1-2H3,(H3,23,24,25,26)/t14-/m0/s1. The molecule has 3 rings (SSSR count). The number of nitrogen functional groups attached to an aromatic ring is 1. The first kappa shape index (κ1) is 18.4. The van der Waals surface area contributed by atoms with E-state index in [9.17, 15) is 0 Å². The Morgan fingerprint density at radius 2 is 1.81 bits per heavy atom. The molecule has 1 heterocycles. The fourth-order valence-corrected chi connectivity index (χ4v) is 3.42.